The van der Waals surface area contributed by atoms with Crippen molar-refractivity contribution in [3.05, 3.63) is 53.3 Å². The zero-order valence-electron chi connectivity index (χ0n) is 30.0. The van der Waals surface area contributed by atoms with Crippen molar-refractivity contribution in [3.8, 4) is 11.5 Å². The monoisotopic (exact) mass is 768 g/mol. The number of hydroxylamine groups is 2. The molecule has 2 aromatic carbocycles. The van der Waals surface area contributed by atoms with Crippen LogP contribution in [0, 0.1) is 0 Å². The largest absolute Gasteiger partial charge is 0.524 e. The number of phenols is 1. The van der Waals surface area contributed by atoms with Gasteiger partial charge in [0, 0.05) is 62.8 Å². The van der Waals surface area contributed by atoms with Crippen LogP contribution in [-0.2, 0) is 52.7 Å². The van der Waals surface area contributed by atoms with Gasteiger partial charge in [0.15, 0.2) is 5.82 Å². The maximum absolute atomic E-state index is 12.1. The van der Waals surface area contributed by atoms with Crippen LogP contribution in [0.2, 0.25) is 0 Å². The number of imidazole rings is 1. The number of fused-ring (bicyclic) bond motifs is 3. The normalized spacial score (nSPS) is 13.3. The highest BCUT2D eigenvalue weighted by molar-refractivity contribution is 7.46. The Bertz CT molecular complexity index is 2050. The lowest BCUT2D eigenvalue weighted by atomic mass is 10.1. The first-order valence-corrected chi connectivity index (χ1v) is 19.4. The second kappa shape index (κ2) is 18.3. The number of amides is 3. The predicted molar refractivity (Wildman–Crippen MR) is 196 cm³/mol. The van der Waals surface area contributed by atoms with Gasteiger partial charge in [-0.2, -0.15) is 0 Å². The van der Waals surface area contributed by atoms with Crippen LogP contribution in [-0.4, -0.2) is 77.9 Å². The van der Waals surface area contributed by atoms with Gasteiger partial charge in [-0.05, 0) is 68.0 Å². The SMILES string of the molecule is CCCCc1nc2c(N)nc3ccc(CCCOCCCNC(=O)CCCC(=O)ON4C(=O)CCC4=O)cc3c2n1Cc1cc(OP(=O)(O)O)ccc1O. The zero-order valence-corrected chi connectivity index (χ0v) is 30.9. The summed E-state index contributed by atoms with van der Waals surface area (Å²) in [7, 11) is -4.81. The Hall–Kier alpha value is -5.09. The maximum atomic E-state index is 12.1. The Labute approximate surface area is 311 Å². The molecule has 5 rings (SSSR count). The highest BCUT2D eigenvalue weighted by atomic mass is 31.2. The fraction of sp³-hybridized carbons (Fsp3) is 0.444. The molecule has 0 bridgehead atoms. The van der Waals surface area contributed by atoms with Gasteiger partial charge in [0.2, 0.25) is 5.91 Å². The molecule has 0 saturated carbocycles. The number of nitrogen functional groups attached to an aromatic ring is 1. The van der Waals surface area contributed by atoms with Crippen LogP contribution in [0.1, 0.15) is 81.7 Å². The molecule has 17 nitrogen and oxygen atoms in total. The molecule has 0 spiro atoms. The zero-order chi connectivity index (χ0) is 38.8. The summed E-state index contributed by atoms with van der Waals surface area (Å²) >= 11 is 0. The van der Waals surface area contributed by atoms with E-state index in [9.17, 15) is 38.6 Å². The first-order valence-electron chi connectivity index (χ1n) is 17.9. The fourth-order valence-corrected chi connectivity index (χ4v) is 6.47. The van der Waals surface area contributed by atoms with E-state index >= 15 is 0 Å². The third-order valence-electron chi connectivity index (χ3n) is 8.73. The topological polar surface area (TPSA) is 246 Å². The molecule has 290 valence electrons. The second-order valence-electron chi connectivity index (χ2n) is 13.0. The molecule has 18 heteroatoms. The first kappa shape index (κ1) is 40.1. The molecule has 0 radical (unpaired) electrons. The maximum Gasteiger partial charge on any atom is 0.524 e. The number of carbonyl (C=O) groups is 4. The van der Waals surface area contributed by atoms with Gasteiger partial charge in [-0.3, -0.25) is 24.2 Å². The molecule has 6 N–H and O–H groups in total. The number of phosphoric acid groups is 1. The molecule has 1 aliphatic heterocycles. The number of pyridine rings is 1. The number of anilines is 1. The number of carbonyl (C=O) groups excluding carboxylic acids is 4. The first-order chi connectivity index (χ1) is 25.8. The Balaban J connectivity index is 1.14. The van der Waals surface area contributed by atoms with Gasteiger partial charge >= 0.3 is 13.8 Å². The van der Waals surface area contributed by atoms with Gasteiger partial charge in [-0.1, -0.05) is 19.4 Å². The standard InChI is InChI=1S/C36H45N6O11P/c1-2-3-8-29-40-34-35(41(29)22-24-21-25(12-14-28(24)43)53-54(48,49)50)26-20-23(11-13-27(26)39-36(34)37)7-5-18-51-19-6-17-38-30(44)9-4-10-33(47)52-42-31(45)15-16-32(42)46/h11-14,20-21,43H,2-10,15-19,22H2,1H3,(H2,37,39)(H,38,44)(H2,48,49,50). The number of nitrogens with one attached hydrogen (secondary N) is 1. The van der Waals surface area contributed by atoms with Crippen LogP contribution in [0.3, 0.4) is 0 Å². The van der Waals surface area contributed by atoms with E-state index in [1.165, 1.54) is 18.2 Å². The number of unbranched alkanes of at least 4 members (excludes halogenated alkanes) is 1. The highest BCUT2D eigenvalue weighted by Crippen LogP contribution is 2.39. The third kappa shape index (κ3) is 10.7. The molecular formula is C36H45N6O11P. The molecule has 0 unspecified atom stereocenters. The van der Waals surface area contributed by atoms with Gasteiger partial charge < -0.3 is 34.8 Å². The average Bonchev–Trinajstić information content (AvgIpc) is 3.64. The van der Waals surface area contributed by atoms with Gasteiger partial charge in [0.05, 0.1) is 17.6 Å². The van der Waals surface area contributed by atoms with E-state index in [2.05, 4.69) is 17.2 Å². The molecular weight excluding hydrogens is 723 g/mol. The predicted octanol–water partition coefficient (Wildman–Crippen LogP) is 3.97. The number of imide groups is 1. The number of nitrogens with two attached hydrogens (primary N) is 1. The smallest absolute Gasteiger partial charge is 0.508 e. The number of rotatable bonds is 20. The summed E-state index contributed by atoms with van der Waals surface area (Å²) in [6, 6.07) is 9.93. The summed E-state index contributed by atoms with van der Waals surface area (Å²) in [6.07, 6.45) is 4.72. The molecule has 1 fully saturated rings. The Morgan fingerprint density at radius 2 is 1.72 bits per heavy atom. The number of aromatic hydroxyl groups is 1. The summed E-state index contributed by atoms with van der Waals surface area (Å²) in [5.41, 5.74) is 9.75. The lowest BCUT2D eigenvalue weighted by Gasteiger charge is -2.14. The van der Waals surface area contributed by atoms with E-state index in [4.69, 9.17) is 24.8 Å². The fourth-order valence-electron chi connectivity index (χ4n) is 6.08. The van der Waals surface area contributed by atoms with E-state index < -0.39 is 25.6 Å². The number of phenolic OH excluding ortho intramolecular Hbond substituents is 1. The molecule has 1 saturated heterocycles. The van der Waals surface area contributed by atoms with Crippen molar-refractivity contribution < 1.29 is 52.7 Å². The van der Waals surface area contributed by atoms with Crippen LogP contribution in [0.25, 0.3) is 21.9 Å². The Kier molecular flexibility index (Phi) is 13.6. The Morgan fingerprint density at radius 1 is 0.963 bits per heavy atom. The lowest BCUT2D eigenvalue weighted by molar-refractivity contribution is -0.197. The number of nitrogens with zero attached hydrogens (tertiary/aromatic N) is 4. The van der Waals surface area contributed by atoms with E-state index in [1.54, 1.807) is 0 Å². The summed E-state index contributed by atoms with van der Waals surface area (Å²) in [6.45, 7) is 3.55. The minimum Gasteiger partial charge on any atom is -0.508 e. The number of aromatic nitrogens is 3. The molecule has 0 aliphatic carbocycles. The molecule has 0 atom stereocenters. The highest BCUT2D eigenvalue weighted by Gasteiger charge is 2.32. The van der Waals surface area contributed by atoms with E-state index in [1.807, 2.05) is 22.8 Å². The molecule has 2 aromatic heterocycles. The summed E-state index contributed by atoms with van der Waals surface area (Å²) in [4.78, 5) is 79.9. The summed E-state index contributed by atoms with van der Waals surface area (Å²) in [5, 5.41) is 14.8. The average molecular weight is 769 g/mol. The van der Waals surface area contributed by atoms with Crippen molar-refractivity contribution in [3.63, 3.8) is 0 Å². The minimum atomic E-state index is -4.81. The van der Waals surface area contributed by atoms with Crippen LogP contribution in [0.15, 0.2) is 36.4 Å². The molecule has 54 heavy (non-hydrogen) atoms. The summed E-state index contributed by atoms with van der Waals surface area (Å²) < 4.78 is 24.0. The van der Waals surface area contributed by atoms with Gasteiger partial charge in [0.25, 0.3) is 11.8 Å². The number of phosphoric ester groups is 1. The van der Waals surface area contributed by atoms with Crippen LogP contribution in [0.5, 0.6) is 11.5 Å². The van der Waals surface area contributed by atoms with E-state index in [0.717, 1.165) is 41.6 Å². The van der Waals surface area contributed by atoms with Gasteiger partial charge in [-0.25, -0.2) is 19.3 Å². The molecule has 3 amide bonds. The third-order valence-corrected chi connectivity index (χ3v) is 9.18. The van der Waals surface area contributed by atoms with Crippen LogP contribution < -0.4 is 15.6 Å². The molecule has 4 aromatic rings. The van der Waals surface area contributed by atoms with Gasteiger partial charge in [0.1, 0.15) is 22.8 Å². The van der Waals surface area contributed by atoms with Crippen molar-refractivity contribution >= 4 is 59.3 Å². The summed E-state index contributed by atoms with van der Waals surface area (Å²) in [5.74, 6) is -1.21. The van der Waals surface area contributed by atoms with Crippen molar-refractivity contribution in [1.29, 1.82) is 0 Å². The number of hydrogen-bond acceptors (Lipinski definition) is 12. The Morgan fingerprint density at radius 3 is 2.46 bits per heavy atom. The van der Waals surface area contributed by atoms with Gasteiger partial charge in [-0.15, -0.1) is 5.06 Å². The van der Waals surface area contributed by atoms with Crippen molar-refractivity contribution in [2.75, 3.05) is 25.5 Å². The van der Waals surface area contributed by atoms with E-state index in [0.29, 0.717) is 60.7 Å². The molecule has 1 aliphatic rings. The van der Waals surface area contributed by atoms with Crippen molar-refractivity contribution in [2.24, 2.45) is 0 Å². The van der Waals surface area contributed by atoms with Crippen LogP contribution in [0.4, 0.5) is 5.82 Å². The number of ether oxygens (including phenoxy) is 1. The number of hydrogen-bond donors (Lipinski definition) is 5. The van der Waals surface area contributed by atoms with E-state index in [-0.39, 0.29) is 61.9 Å². The lowest BCUT2D eigenvalue weighted by Crippen LogP contribution is -2.32. The second-order valence-corrected chi connectivity index (χ2v) is 14.1. The van der Waals surface area contributed by atoms with Crippen molar-refractivity contribution in [2.45, 2.75) is 84.1 Å². The molecule has 3 heterocycles. The minimum absolute atomic E-state index is 0.0202. The quantitative estimate of drug-likeness (QED) is 0.0485. The van der Waals surface area contributed by atoms with Crippen LogP contribution >= 0.6 is 7.82 Å². The number of aryl methyl sites for hydroxylation is 2. The number of benzene rings is 2. The van der Waals surface area contributed by atoms with Crippen molar-refractivity contribution in [1.82, 2.24) is 24.9 Å².